The number of carbonyl (C=O) groups excluding carboxylic acids is 1. The molecule has 23 heavy (non-hydrogen) atoms. The summed E-state index contributed by atoms with van der Waals surface area (Å²) in [4.78, 5) is 27.8. The molecule has 126 valence electrons. The summed E-state index contributed by atoms with van der Waals surface area (Å²) in [5, 5.41) is 13.6. The average molecular weight is 322 g/mol. The van der Waals surface area contributed by atoms with Gasteiger partial charge in [0.2, 0.25) is 5.91 Å². The number of ether oxygens (including phenoxy) is 1. The number of rotatable bonds is 5. The van der Waals surface area contributed by atoms with Gasteiger partial charge < -0.3 is 14.7 Å². The summed E-state index contributed by atoms with van der Waals surface area (Å²) in [6.45, 7) is 4.37. The van der Waals surface area contributed by atoms with Gasteiger partial charge in [0.25, 0.3) is 0 Å². The third-order valence-corrected chi connectivity index (χ3v) is 4.58. The summed E-state index contributed by atoms with van der Waals surface area (Å²) >= 11 is 0. The van der Waals surface area contributed by atoms with Crippen molar-refractivity contribution < 1.29 is 19.4 Å². The molecule has 1 aromatic rings. The summed E-state index contributed by atoms with van der Waals surface area (Å²) in [6, 6.07) is -0.435. The van der Waals surface area contributed by atoms with Gasteiger partial charge in [0.05, 0.1) is 31.4 Å². The van der Waals surface area contributed by atoms with Crippen LogP contribution in [0.1, 0.15) is 18.0 Å². The molecule has 2 unspecified atom stereocenters. The molecule has 2 aliphatic heterocycles. The van der Waals surface area contributed by atoms with Crippen molar-refractivity contribution in [1.29, 1.82) is 0 Å². The molecule has 0 saturated carbocycles. The first-order chi connectivity index (χ1) is 11.1. The van der Waals surface area contributed by atoms with E-state index in [1.807, 2.05) is 0 Å². The molecule has 8 heteroatoms. The van der Waals surface area contributed by atoms with Crippen molar-refractivity contribution in [2.45, 2.75) is 12.5 Å². The van der Waals surface area contributed by atoms with Crippen LogP contribution in [0, 0.1) is 5.92 Å². The van der Waals surface area contributed by atoms with Crippen LogP contribution >= 0.6 is 0 Å². The zero-order valence-electron chi connectivity index (χ0n) is 13.2. The van der Waals surface area contributed by atoms with Crippen LogP contribution in [0.15, 0.2) is 12.4 Å². The lowest BCUT2D eigenvalue weighted by Crippen LogP contribution is -2.42. The number of likely N-dealkylation sites (tertiary alicyclic amines) is 1. The molecule has 0 aliphatic carbocycles. The fourth-order valence-electron chi connectivity index (χ4n) is 3.35. The maximum atomic E-state index is 12.3. The van der Waals surface area contributed by atoms with Crippen molar-refractivity contribution in [3.8, 4) is 0 Å². The Labute approximate surface area is 134 Å². The molecule has 2 atom stereocenters. The summed E-state index contributed by atoms with van der Waals surface area (Å²) in [7, 11) is 1.79. The van der Waals surface area contributed by atoms with Crippen LogP contribution < -0.4 is 0 Å². The Morgan fingerprint density at radius 1 is 1.39 bits per heavy atom. The molecule has 1 amide bonds. The highest BCUT2D eigenvalue weighted by molar-refractivity contribution is 5.87. The third-order valence-electron chi connectivity index (χ3n) is 4.58. The van der Waals surface area contributed by atoms with Gasteiger partial charge >= 0.3 is 5.97 Å². The average Bonchev–Trinajstić information content (AvgIpc) is 3.09. The van der Waals surface area contributed by atoms with Gasteiger partial charge in [0.15, 0.2) is 0 Å². The maximum absolute atomic E-state index is 12.3. The number of amides is 1. The predicted molar refractivity (Wildman–Crippen MR) is 80.7 cm³/mol. The first kappa shape index (κ1) is 15.9. The van der Waals surface area contributed by atoms with Gasteiger partial charge in [-0.25, -0.2) is 0 Å². The van der Waals surface area contributed by atoms with Gasteiger partial charge in [-0.05, 0) is 0 Å². The SMILES string of the molecule is Cn1cc(C2C(C(=O)O)CC(=O)N2CCN2CCOCC2)cn1. The molecule has 8 nitrogen and oxygen atoms in total. The minimum absolute atomic E-state index is 0.0536. The highest BCUT2D eigenvalue weighted by atomic mass is 16.5. The zero-order chi connectivity index (χ0) is 16.4. The third kappa shape index (κ3) is 3.37. The van der Waals surface area contributed by atoms with E-state index in [1.165, 1.54) is 0 Å². The number of aryl methyl sites for hydroxylation is 1. The highest BCUT2D eigenvalue weighted by Gasteiger charge is 2.45. The van der Waals surface area contributed by atoms with Crippen molar-refractivity contribution in [2.24, 2.45) is 13.0 Å². The van der Waals surface area contributed by atoms with Crippen molar-refractivity contribution in [3.05, 3.63) is 18.0 Å². The minimum Gasteiger partial charge on any atom is -0.481 e. The molecular weight excluding hydrogens is 300 g/mol. The number of nitrogens with zero attached hydrogens (tertiary/aromatic N) is 4. The second-order valence-corrected chi connectivity index (χ2v) is 6.08. The molecule has 2 saturated heterocycles. The van der Waals surface area contributed by atoms with E-state index in [2.05, 4.69) is 10.00 Å². The first-order valence-electron chi connectivity index (χ1n) is 7.87. The first-order valence-corrected chi connectivity index (χ1v) is 7.87. The second kappa shape index (κ2) is 6.67. The molecule has 3 heterocycles. The van der Waals surface area contributed by atoms with E-state index >= 15 is 0 Å². The van der Waals surface area contributed by atoms with Gasteiger partial charge in [0, 0.05) is 51.4 Å². The number of aliphatic carboxylic acids is 1. The number of aromatic nitrogens is 2. The highest BCUT2D eigenvalue weighted by Crippen LogP contribution is 2.37. The number of carbonyl (C=O) groups is 2. The Morgan fingerprint density at radius 2 is 2.13 bits per heavy atom. The van der Waals surface area contributed by atoms with Crippen LogP contribution in [-0.4, -0.2) is 76.0 Å². The quantitative estimate of drug-likeness (QED) is 0.803. The largest absolute Gasteiger partial charge is 0.481 e. The number of hydrogen-bond donors (Lipinski definition) is 1. The Bertz CT molecular complexity index is 582. The maximum Gasteiger partial charge on any atom is 0.309 e. The van der Waals surface area contributed by atoms with Crippen LogP contribution in [-0.2, 0) is 21.4 Å². The molecule has 0 aromatic carbocycles. The molecule has 0 bridgehead atoms. The number of carboxylic acid groups (broad SMARTS) is 1. The van der Waals surface area contributed by atoms with E-state index in [1.54, 1.807) is 29.0 Å². The molecule has 1 aromatic heterocycles. The minimum atomic E-state index is -0.930. The van der Waals surface area contributed by atoms with Gasteiger partial charge in [-0.15, -0.1) is 0 Å². The number of hydrogen-bond acceptors (Lipinski definition) is 5. The lowest BCUT2D eigenvalue weighted by Gasteiger charge is -2.31. The summed E-state index contributed by atoms with van der Waals surface area (Å²) in [5.41, 5.74) is 0.785. The molecule has 2 fully saturated rings. The van der Waals surface area contributed by atoms with Gasteiger partial charge in [-0.2, -0.15) is 5.10 Å². The van der Waals surface area contributed by atoms with Crippen LogP contribution in [0.3, 0.4) is 0 Å². The van der Waals surface area contributed by atoms with E-state index in [0.29, 0.717) is 19.8 Å². The fourth-order valence-corrected chi connectivity index (χ4v) is 3.35. The van der Waals surface area contributed by atoms with Crippen molar-refractivity contribution >= 4 is 11.9 Å². The summed E-state index contributed by atoms with van der Waals surface area (Å²) < 4.78 is 6.96. The van der Waals surface area contributed by atoms with Crippen LogP contribution in [0.4, 0.5) is 0 Å². The van der Waals surface area contributed by atoms with E-state index in [9.17, 15) is 14.7 Å². The van der Waals surface area contributed by atoms with Crippen LogP contribution in [0.25, 0.3) is 0 Å². The van der Waals surface area contributed by atoms with Crippen LogP contribution in [0.5, 0.6) is 0 Å². The molecule has 1 N–H and O–H groups in total. The lowest BCUT2D eigenvalue weighted by molar-refractivity contribution is -0.142. The standard InChI is InChI=1S/C15H22N4O4/c1-17-10-11(9-16-17)14-12(15(21)22)8-13(20)19(14)3-2-18-4-6-23-7-5-18/h9-10,12,14H,2-8H2,1H3,(H,21,22). The topological polar surface area (TPSA) is 87.9 Å². The lowest BCUT2D eigenvalue weighted by atomic mass is 9.96. The summed E-state index contributed by atoms with van der Waals surface area (Å²) in [6.07, 6.45) is 3.50. The van der Waals surface area contributed by atoms with Gasteiger partial charge in [0.1, 0.15) is 0 Å². The smallest absolute Gasteiger partial charge is 0.309 e. The number of carboxylic acids is 1. The van der Waals surface area contributed by atoms with Crippen LogP contribution in [0.2, 0.25) is 0 Å². The van der Waals surface area contributed by atoms with E-state index in [-0.39, 0.29) is 12.3 Å². The van der Waals surface area contributed by atoms with Crippen molar-refractivity contribution in [1.82, 2.24) is 19.6 Å². The molecular formula is C15H22N4O4. The Hall–Kier alpha value is -1.93. The number of morpholine rings is 1. The molecule has 3 rings (SSSR count). The molecule has 2 aliphatic rings. The normalized spacial score (nSPS) is 26.0. The van der Waals surface area contributed by atoms with E-state index < -0.39 is 17.9 Å². The van der Waals surface area contributed by atoms with Gasteiger partial charge in [-0.1, -0.05) is 0 Å². The monoisotopic (exact) mass is 322 g/mol. The van der Waals surface area contributed by atoms with Crippen molar-refractivity contribution in [2.75, 3.05) is 39.4 Å². The molecule has 0 radical (unpaired) electrons. The molecule has 0 spiro atoms. The Morgan fingerprint density at radius 3 is 2.74 bits per heavy atom. The van der Waals surface area contributed by atoms with Gasteiger partial charge in [-0.3, -0.25) is 19.2 Å². The predicted octanol–water partition coefficient (Wildman–Crippen LogP) is -0.273. The fraction of sp³-hybridized carbons (Fsp3) is 0.667. The zero-order valence-corrected chi connectivity index (χ0v) is 13.2. The Balaban J connectivity index is 1.75. The van der Waals surface area contributed by atoms with E-state index in [4.69, 9.17) is 4.74 Å². The Kier molecular flexibility index (Phi) is 4.63. The van der Waals surface area contributed by atoms with E-state index in [0.717, 1.165) is 25.2 Å². The van der Waals surface area contributed by atoms with Crippen molar-refractivity contribution in [3.63, 3.8) is 0 Å². The summed E-state index contributed by atoms with van der Waals surface area (Å²) in [5.74, 6) is -1.74. The second-order valence-electron chi connectivity index (χ2n) is 6.08.